The van der Waals surface area contributed by atoms with Crippen LogP contribution in [0.15, 0.2) is 36.4 Å². The molecule has 0 aromatic heterocycles. The van der Waals surface area contributed by atoms with Gasteiger partial charge in [0.05, 0.1) is 11.6 Å². The molecule has 1 aromatic carbocycles. The molecule has 3 heteroatoms. The standard InChI is InChI=1S/C20H26N2O/c1-2-19(23)22-18-11-10-17-12-14-21(15-20(17,18)22)13-6-9-16-7-4-3-5-8-16/h3-9,17-18H,2,10-15H2,1H3. The van der Waals surface area contributed by atoms with Crippen molar-refractivity contribution in [2.45, 2.75) is 44.2 Å². The van der Waals surface area contributed by atoms with Crippen molar-refractivity contribution in [2.24, 2.45) is 5.92 Å². The van der Waals surface area contributed by atoms with Crippen LogP contribution in [0.4, 0.5) is 0 Å². The Morgan fingerprint density at radius 3 is 2.87 bits per heavy atom. The van der Waals surface area contributed by atoms with E-state index < -0.39 is 0 Å². The topological polar surface area (TPSA) is 23.3 Å². The molecule has 0 radical (unpaired) electrons. The monoisotopic (exact) mass is 310 g/mol. The highest BCUT2D eigenvalue weighted by atomic mass is 16.2. The molecule has 3 fully saturated rings. The Labute approximate surface area is 139 Å². The minimum Gasteiger partial charge on any atom is -0.328 e. The van der Waals surface area contributed by atoms with Crippen LogP contribution in [0, 0.1) is 5.92 Å². The molecule has 2 aliphatic heterocycles. The molecule has 0 N–H and O–H groups in total. The van der Waals surface area contributed by atoms with Crippen LogP contribution < -0.4 is 0 Å². The lowest BCUT2D eigenvalue weighted by atomic mass is 9.86. The lowest BCUT2D eigenvalue weighted by molar-refractivity contribution is -0.128. The van der Waals surface area contributed by atoms with Crippen molar-refractivity contribution in [1.82, 2.24) is 9.80 Å². The summed E-state index contributed by atoms with van der Waals surface area (Å²) in [6, 6.07) is 11.0. The Hall–Kier alpha value is -1.61. The quantitative estimate of drug-likeness (QED) is 0.797. The van der Waals surface area contributed by atoms with E-state index >= 15 is 0 Å². The first-order valence-corrected chi connectivity index (χ1v) is 9.02. The van der Waals surface area contributed by atoms with Crippen molar-refractivity contribution in [2.75, 3.05) is 19.6 Å². The van der Waals surface area contributed by atoms with Crippen molar-refractivity contribution in [3.8, 4) is 0 Å². The van der Waals surface area contributed by atoms with Crippen LogP contribution in [0.5, 0.6) is 0 Å². The fraction of sp³-hybridized carbons (Fsp3) is 0.550. The summed E-state index contributed by atoms with van der Waals surface area (Å²) in [6.45, 7) is 5.23. The largest absolute Gasteiger partial charge is 0.328 e. The first kappa shape index (κ1) is 14.9. The Bertz CT molecular complexity index is 611. The second kappa shape index (κ2) is 5.79. The summed E-state index contributed by atoms with van der Waals surface area (Å²) in [6.07, 6.45) is 8.93. The molecule has 1 amide bonds. The molecule has 3 aliphatic rings. The van der Waals surface area contributed by atoms with E-state index in [4.69, 9.17) is 0 Å². The summed E-state index contributed by atoms with van der Waals surface area (Å²) >= 11 is 0. The number of hydrogen-bond acceptors (Lipinski definition) is 2. The van der Waals surface area contributed by atoms with Crippen molar-refractivity contribution in [3.63, 3.8) is 0 Å². The predicted octanol–water partition coefficient (Wildman–Crippen LogP) is 3.18. The van der Waals surface area contributed by atoms with Gasteiger partial charge in [-0.25, -0.2) is 0 Å². The molecule has 3 atom stereocenters. The van der Waals surface area contributed by atoms with Crippen LogP contribution in [0.25, 0.3) is 6.08 Å². The maximum atomic E-state index is 12.2. The summed E-state index contributed by atoms with van der Waals surface area (Å²) in [5, 5.41) is 0. The Morgan fingerprint density at radius 1 is 1.26 bits per heavy atom. The van der Waals surface area contributed by atoms with Gasteiger partial charge in [0.25, 0.3) is 0 Å². The van der Waals surface area contributed by atoms with Gasteiger partial charge in [-0.1, -0.05) is 49.4 Å². The maximum absolute atomic E-state index is 12.2. The van der Waals surface area contributed by atoms with Crippen molar-refractivity contribution in [3.05, 3.63) is 42.0 Å². The van der Waals surface area contributed by atoms with Crippen molar-refractivity contribution in [1.29, 1.82) is 0 Å². The van der Waals surface area contributed by atoms with Crippen LogP contribution in [0.1, 0.15) is 38.2 Å². The summed E-state index contributed by atoms with van der Waals surface area (Å²) < 4.78 is 0. The minimum absolute atomic E-state index is 0.200. The number of nitrogens with zero attached hydrogens (tertiary/aromatic N) is 2. The zero-order valence-corrected chi connectivity index (χ0v) is 13.9. The van der Waals surface area contributed by atoms with Gasteiger partial charge in [-0.2, -0.15) is 0 Å². The third-order valence-corrected chi connectivity index (χ3v) is 6.08. The van der Waals surface area contributed by atoms with Crippen LogP contribution in [0.3, 0.4) is 0 Å². The average molecular weight is 310 g/mol. The molecule has 3 nitrogen and oxygen atoms in total. The number of carbonyl (C=O) groups is 1. The zero-order chi connectivity index (χ0) is 15.9. The number of benzene rings is 1. The van der Waals surface area contributed by atoms with Crippen LogP contribution in [-0.4, -0.2) is 46.9 Å². The SMILES string of the molecule is CCC(=O)N1C2CCC3CCN(CC=Cc4ccccc4)CC321. The van der Waals surface area contributed by atoms with Crippen LogP contribution in [-0.2, 0) is 4.79 Å². The Balaban J connectivity index is 1.41. The first-order chi connectivity index (χ1) is 11.3. The molecule has 2 saturated heterocycles. The minimum atomic E-state index is 0.200. The molecule has 4 rings (SSSR count). The van der Waals surface area contributed by atoms with E-state index in [-0.39, 0.29) is 5.54 Å². The molecular formula is C20H26N2O. The van der Waals surface area contributed by atoms with Gasteiger partial charge in [0.15, 0.2) is 0 Å². The average Bonchev–Trinajstić information content (AvgIpc) is 3.05. The smallest absolute Gasteiger partial charge is 0.223 e. The number of hydrogen-bond donors (Lipinski definition) is 0. The molecule has 1 spiro atoms. The van der Waals surface area contributed by atoms with E-state index in [2.05, 4.69) is 46.2 Å². The second-order valence-electron chi connectivity index (χ2n) is 7.24. The van der Waals surface area contributed by atoms with Gasteiger partial charge in [0.1, 0.15) is 0 Å². The van der Waals surface area contributed by atoms with E-state index in [1.54, 1.807) is 0 Å². The van der Waals surface area contributed by atoms with E-state index in [0.717, 1.165) is 19.0 Å². The van der Waals surface area contributed by atoms with E-state index in [1.165, 1.54) is 31.4 Å². The highest BCUT2D eigenvalue weighted by Gasteiger charge is 2.72. The third-order valence-electron chi connectivity index (χ3n) is 6.08. The number of carbonyl (C=O) groups excluding carboxylic acids is 1. The van der Waals surface area contributed by atoms with Gasteiger partial charge < -0.3 is 4.90 Å². The maximum Gasteiger partial charge on any atom is 0.223 e. The molecule has 122 valence electrons. The lowest BCUT2D eigenvalue weighted by Gasteiger charge is -2.37. The highest BCUT2D eigenvalue weighted by Crippen LogP contribution is 2.59. The fourth-order valence-corrected chi connectivity index (χ4v) is 4.98. The van der Waals surface area contributed by atoms with E-state index in [0.29, 0.717) is 18.4 Å². The Kier molecular flexibility index (Phi) is 3.76. The van der Waals surface area contributed by atoms with Crippen molar-refractivity contribution < 1.29 is 4.79 Å². The molecule has 1 saturated carbocycles. The van der Waals surface area contributed by atoms with Gasteiger partial charge >= 0.3 is 0 Å². The van der Waals surface area contributed by atoms with Gasteiger partial charge in [-0.3, -0.25) is 9.69 Å². The van der Waals surface area contributed by atoms with Gasteiger partial charge in [-0.15, -0.1) is 0 Å². The highest BCUT2D eigenvalue weighted by molar-refractivity contribution is 5.81. The molecule has 0 bridgehead atoms. The van der Waals surface area contributed by atoms with Gasteiger partial charge in [-0.05, 0) is 37.3 Å². The summed E-state index contributed by atoms with van der Waals surface area (Å²) in [7, 11) is 0. The second-order valence-corrected chi connectivity index (χ2v) is 7.24. The molecule has 3 unspecified atom stereocenters. The summed E-state index contributed by atoms with van der Waals surface area (Å²) in [5.41, 5.74) is 1.46. The summed E-state index contributed by atoms with van der Waals surface area (Å²) in [5.74, 6) is 1.11. The van der Waals surface area contributed by atoms with Gasteiger partial charge in [0.2, 0.25) is 5.91 Å². The molecule has 2 heterocycles. The van der Waals surface area contributed by atoms with E-state index in [1.807, 2.05) is 13.0 Å². The van der Waals surface area contributed by atoms with E-state index in [9.17, 15) is 4.79 Å². The number of rotatable bonds is 4. The molecular weight excluding hydrogens is 284 g/mol. The first-order valence-electron chi connectivity index (χ1n) is 9.02. The van der Waals surface area contributed by atoms with Crippen molar-refractivity contribution >= 4 is 12.0 Å². The predicted molar refractivity (Wildman–Crippen MR) is 92.9 cm³/mol. The number of amides is 1. The lowest BCUT2D eigenvalue weighted by Crippen LogP contribution is -2.48. The number of piperidine rings is 2. The summed E-state index contributed by atoms with van der Waals surface area (Å²) in [4.78, 5) is 17.0. The molecule has 1 aromatic rings. The number of likely N-dealkylation sites (tertiary alicyclic amines) is 2. The third kappa shape index (κ3) is 2.42. The fourth-order valence-electron chi connectivity index (χ4n) is 4.98. The molecule has 1 aliphatic carbocycles. The normalized spacial score (nSPS) is 32.8. The van der Waals surface area contributed by atoms with Gasteiger partial charge in [0, 0.05) is 19.5 Å². The Morgan fingerprint density at radius 2 is 2.09 bits per heavy atom. The molecule has 23 heavy (non-hydrogen) atoms. The zero-order valence-electron chi connectivity index (χ0n) is 13.9. The van der Waals surface area contributed by atoms with Crippen LogP contribution >= 0.6 is 0 Å². The van der Waals surface area contributed by atoms with Crippen LogP contribution in [0.2, 0.25) is 0 Å².